The minimum atomic E-state index is -0.572. The zero-order chi connectivity index (χ0) is 11.3. The summed E-state index contributed by atoms with van der Waals surface area (Å²) in [4.78, 5) is 13.8. The number of hydrogen-bond donors (Lipinski definition) is 1. The molecule has 3 fully saturated rings. The predicted octanol–water partition coefficient (Wildman–Crippen LogP) is 0.395. The molecule has 0 spiro atoms. The van der Waals surface area contributed by atoms with Crippen LogP contribution in [0, 0.1) is 11.8 Å². The number of β-amino-alcohol motifs (C(OH)–C–C–N with tert-alkyl or cyclic N) is 1. The lowest BCUT2D eigenvalue weighted by atomic mass is 9.87. The summed E-state index contributed by atoms with van der Waals surface area (Å²) in [6.07, 6.45) is 2.95. The summed E-state index contributed by atoms with van der Waals surface area (Å²) in [5, 5.41) is 10.1. The number of rotatable bonds is 2. The molecule has 2 heterocycles. The van der Waals surface area contributed by atoms with E-state index in [1.54, 1.807) is 4.90 Å². The van der Waals surface area contributed by atoms with Crippen LogP contribution in [0.5, 0.6) is 0 Å². The standard InChI is InChI=1S/C12H19NO3/c1-8-4-5-16-10(8)11(14)13-6-12(15,7-13)9-2-3-9/h8-10,15H,2-7H2,1H3. The largest absolute Gasteiger partial charge is 0.386 e. The molecular formula is C12H19NO3. The van der Waals surface area contributed by atoms with E-state index >= 15 is 0 Å². The van der Waals surface area contributed by atoms with Gasteiger partial charge in [0, 0.05) is 6.61 Å². The van der Waals surface area contributed by atoms with Gasteiger partial charge in [-0.1, -0.05) is 6.92 Å². The number of carbonyl (C=O) groups is 1. The lowest BCUT2D eigenvalue weighted by molar-refractivity contribution is -0.169. The maximum Gasteiger partial charge on any atom is 0.252 e. The number of hydrogen-bond acceptors (Lipinski definition) is 3. The highest BCUT2D eigenvalue weighted by Crippen LogP contribution is 2.44. The first kappa shape index (κ1) is 10.5. The molecule has 90 valence electrons. The van der Waals surface area contributed by atoms with Crippen molar-refractivity contribution >= 4 is 5.91 Å². The van der Waals surface area contributed by atoms with Gasteiger partial charge in [-0.2, -0.15) is 0 Å². The fraction of sp³-hybridized carbons (Fsp3) is 0.917. The molecule has 4 heteroatoms. The Labute approximate surface area is 95.6 Å². The van der Waals surface area contributed by atoms with Crippen molar-refractivity contribution in [1.82, 2.24) is 4.90 Å². The van der Waals surface area contributed by atoms with E-state index in [1.807, 2.05) is 0 Å². The van der Waals surface area contributed by atoms with Crippen molar-refractivity contribution in [2.24, 2.45) is 11.8 Å². The van der Waals surface area contributed by atoms with Crippen LogP contribution in [0.25, 0.3) is 0 Å². The van der Waals surface area contributed by atoms with Crippen molar-refractivity contribution in [2.45, 2.75) is 37.9 Å². The van der Waals surface area contributed by atoms with E-state index in [1.165, 1.54) is 0 Å². The van der Waals surface area contributed by atoms with E-state index in [9.17, 15) is 9.90 Å². The Bertz CT molecular complexity index is 307. The van der Waals surface area contributed by atoms with Gasteiger partial charge >= 0.3 is 0 Å². The quantitative estimate of drug-likeness (QED) is 0.740. The second-order valence-corrected chi connectivity index (χ2v) is 5.63. The molecule has 0 radical (unpaired) electrons. The van der Waals surface area contributed by atoms with Gasteiger partial charge in [-0.05, 0) is 31.1 Å². The highest BCUT2D eigenvalue weighted by Gasteiger charge is 2.54. The third kappa shape index (κ3) is 1.55. The van der Waals surface area contributed by atoms with Gasteiger partial charge in [0.1, 0.15) is 11.7 Å². The van der Waals surface area contributed by atoms with Crippen LogP contribution in [0.1, 0.15) is 26.2 Å². The maximum absolute atomic E-state index is 12.1. The first-order valence-electron chi connectivity index (χ1n) is 6.23. The van der Waals surface area contributed by atoms with Crippen molar-refractivity contribution in [3.8, 4) is 0 Å². The predicted molar refractivity (Wildman–Crippen MR) is 57.8 cm³/mol. The van der Waals surface area contributed by atoms with Gasteiger partial charge in [-0.3, -0.25) is 4.79 Å². The number of nitrogens with zero attached hydrogens (tertiary/aromatic N) is 1. The molecule has 2 unspecified atom stereocenters. The van der Waals surface area contributed by atoms with Crippen LogP contribution in [-0.2, 0) is 9.53 Å². The molecule has 0 aromatic heterocycles. The molecule has 0 aromatic rings. The van der Waals surface area contributed by atoms with Crippen molar-refractivity contribution in [3.63, 3.8) is 0 Å². The van der Waals surface area contributed by atoms with E-state index in [0.717, 1.165) is 19.3 Å². The van der Waals surface area contributed by atoms with Gasteiger partial charge in [-0.25, -0.2) is 0 Å². The number of aliphatic hydroxyl groups is 1. The SMILES string of the molecule is CC1CCOC1C(=O)N1CC(O)(C2CC2)C1. The van der Waals surface area contributed by atoms with Crippen LogP contribution in [0.3, 0.4) is 0 Å². The minimum absolute atomic E-state index is 0.0790. The fourth-order valence-corrected chi connectivity index (χ4v) is 2.84. The molecule has 2 atom stereocenters. The molecule has 0 bridgehead atoms. The normalized spacial score (nSPS) is 37.2. The van der Waals surface area contributed by atoms with Gasteiger partial charge in [-0.15, -0.1) is 0 Å². The van der Waals surface area contributed by atoms with Crippen LogP contribution in [0.15, 0.2) is 0 Å². The van der Waals surface area contributed by atoms with E-state index in [0.29, 0.717) is 31.5 Å². The lowest BCUT2D eigenvalue weighted by Gasteiger charge is -2.47. The molecule has 1 aliphatic carbocycles. The van der Waals surface area contributed by atoms with E-state index in [2.05, 4.69) is 6.92 Å². The topological polar surface area (TPSA) is 49.8 Å². The summed E-state index contributed by atoms with van der Waals surface area (Å²) in [6, 6.07) is 0. The van der Waals surface area contributed by atoms with Crippen molar-refractivity contribution in [2.75, 3.05) is 19.7 Å². The zero-order valence-electron chi connectivity index (χ0n) is 9.69. The van der Waals surface area contributed by atoms with Crippen molar-refractivity contribution < 1.29 is 14.6 Å². The molecule has 2 saturated heterocycles. The van der Waals surface area contributed by atoms with Crippen molar-refractivity contribution in [3.05, 3.63) is 0 Å². The Kier molecular flexibility index (Phi) is 2.27. The Hall–Kier alpha value is -0.610. The van der Waals surface area contributed by atoms with Crippen LogP contribution >= 0.6 is 0 Å². The molecule has 4 nitrogen and oxygen atoms in total. The van der Waals surface area contributed by atoms with E-state index in [4.69, 9.17) is 4.74 Å². The average Bonchev–Trinajstić information content (AvgIpc) is 2.97. The first-order chi connectivity index (χ1) is 7.60. The van der Waals surface area contributed by atoms with Gasteiger partial charge in [0.25, 0.3) is 5.91 Å². The second kappa shape index (κ2) is 3.44. The number of carbonyl (C=O) groups excluding carboxylic acids is 1. The van der Waals surface area contributed by atoms with Crippen LogP contribution in [0.2, 0.25) is 0 Å². The minimum Gasteiger partial charge on any atom is -0.386 e. The number of ether oxygens (including phenoxy) is 1. The van der Waals surface area contributed by atoms with Crippen LogP contribution in [-0.4, -0.2) is 47.3 Å². The number of amides is 1. The molecule has 2 aliphatic heterocycles. The zero-order valence-corrected chi connectivity index (χ0v) is 9.69. The smallest absolute Gasteiger partial charge is 0.252 e. The first-order valence-corrected chi connectivity index (χ1v) is 6.23. The Morgan fingerprint density at radius 2 is 2.06 bits per heavy atom. The molecule has 16 heavy (non-hydrogen) atoms. The molecule has 1 saturated carbocycles. The van der Waals surface area contributed by atoms with Gasteiger partial charge in [0.05, 0.1) is 13.1 Å². The monoisotopic (exact) mass is 225 g/mol. The van der Waals surface area contributed by atoms with Gasteiger partial charge in [0.15, 0.2) is 0 Å². The van der Waals surface area contributed by atoms with Gasteiger partial charge in [0.2, 0.25) is 0 Å². The summed E-state index contributed by atoms with van der Waals surface area (Å²) in [7, 11) is 0. The lowest BCUT2D eigenvalue weighted by Crippen LogP contribution is -2.66. The second-order valence-electron chi connectivity index (χ2n) is 5.63. The molecule has 1 amide bonds. The third-order valence-electron chi connectivity index (χ3n) is 4.21. The van der Waals surface area contributed by atoms with E-state index in [-0.39, 0.29) is 12.0 Å². The fourth-order valence-electron chi connectivity index (χ4n) is 2.84. The Morgan fingerprint density at radius 1 is 1.38 bits per heavy atom. The summed E-state index contributed by atoms with van der Waals surface area (Å²) < 4.78 is 5.46. The number of likely N-dealkylation sites (tertiary alicyclic amines) is 1. The third-order valence-corrected chi connectivity index (χ3v) is 4.21. The Morgan fingerprint density at radius 3 is 2.56 bits per heavy atom. The molecule has 3 aliphatic rings. The summed E-state index contributed by atoms with van der Waals surface area (Å²) in [5.41, 5.74) is -0.572. The van der Waals surface area contributed by atoms with Crippen LogP contribution < -0.4 is 0 Å². The summed E-state index contributed by atoms with van der Waals surface area (Å²) in [6.45, 7) is 3.78. The summed E-state index contributed by atoms with van der Waals surface area (Å²) in [5.74, 6) is 0.843. The molecule has 0 aromatic carbocycles. The molecule has 1 N–H and O–H groups in total. The highest BCUT2D eigenvalue weighted by molar-refractivity contribution is 5.82. The van der Waals surface area contributed by atoms with Gasteiger partial charge < -0.3 is 14.7 Å². The van der Waals surface area contributed by atoms with Crippen molar-refractivity contribution in [1.29, 1.82) is 0 Å². The maximum atomic E-state index is 12.1. The van der Waals surface area contributed by atoms with Crippen LogP contribution in [0.4, 0.5) is 0 Å². The van der Waals surface area contributed by atoms with E-state index < -0.39 is 5.60 Å². The Balaban J connectivity index is 1.57. The molecule has 3 rings (SSSR count). The average molecular weight is 225 g/mol. The summed E-state index contributed by atoms with van der Waals surface area (Å²) >= 11 is 0. The highest BCUT2D eigenvalue weighted by atomic mass is 16.5. The molecular weight excluding hydrogens is 206 g/mol.